The maximum Gasteiger partial charge on any atom is 0.336 e. The van der Waals surface area contributed by atoms with Crippen molar-refractivity contribution in [2.75, 3.05) is 5.75 Å². The highest BCUT2D eigenvalue weighted by molar-refractivity contribution is 7.91. The highest BCUT2D eigenvalue weighted by atomic mass is 32.2. The number of aromatic nitrogens is 2. The van der Waals surface area contributed by atoms with Crippen LogP contribution in [0.4, 0.5) is 0 Å². The van der Waals surface area contributed by atoms with Crippen molar-refractivity contribution in [2.45, 2.75) is 69.6 Å². The Balaban J connectivity index is 1.68. The summed E-state index contributed by atoms with van der Waals surface area (Å²) in [6.07, 6.45) is 5.05. The van der Waals surface area contributed by atoms with E-state index in [0.717, 1.165) is 37.7 Å². The normalized spacial score (nSPS) is 16.1. The SMILES string of the molecule is CC(C)(C)c1ccc(-c2nnc(S(=O)(=O)CC(=O)NC3CCCCC3)o2)cc1. The molecule has 0 radical (unpaired) electrons. The summed E-state index contributed by atoms with van der Waals surface area (Å²) in [5.41, 5.74) is 1.78. The lowest BCUT2D eigenvalue weighted by Crippen LogP contribution is -2.39. The fourth-order valence-electron chi connectivity index (χ4n) is 3.32. The largest absolute Gasteiger partial charge is 0.408 e. The molecule has 1 saturated carbocycles. The summed E-state index contributed by atoms with van der Waals surface area (Å²) in [6, 6.07) is 7.59. The third-order valence-electron chi connectivity index (χ3n) is 4.96. The van der Waals surface area contributed by atoms with Crippen LogP contribution < -0.4 is 5.32 Å². The van der Waals surface area contributed by atoms with Gasteiger partial charge < -0.3 is 9.73 Å². The summed E-state index contributed by atoms with van der Waals surface area (Å²) in [6.45, 7) is 6.33. The molecule has 7 nitrogen and oxygen atoms in total. The fraction of sp³-hybridized carbons (Fsp3) is 0.550. The first-order chi connectivity index (χ1) is 13.1. The van der Waals surface area contributed by atoms with Crippen LogP contribution >= 0.6 is 0 Å². The Morgan fingerprint density at radius 3 is 2.36 bits per heavy atom. The molecule has 1 aliphatic rings. The van der Waals surface area contributed by atoms with Crippen molar-refractivity contribution in [3.8, 4) is 11.5 Å². The van der Waals surface area contributed by atoms with Crippen LogP contribution in [0.2, 0.25) is 0 Å². The molecule has 8 heteroatoms. The summed E-state index contributed by atoms with van der Waals surface area (Å²) in [7, 11) is -3.98. The number of benzene rings is 1. The van der Waals surface area contributed by atoms with Gasteiger partial charge in [0, 0.05) is 11.6 Å². The smallest absolute Gasteiger partial charge is 0.336 e. The van der Waals surface area contributed by atoms with Gasteiger partial charge in [-0.1, -0.05) is 57.3 Å². The molecule has 0 unspecified atom stereocenters. The lowest BCUT2D eigenvalue weighted by atomic mass is 9.87. The minimum atomic E-state index is -3.98. The van der Waals surface area contributed by atoms with Crippen LogP contribution in [-0.4, -0.2) is 36.3 Å². The Labute approximate surface area is 165 Å². The first-order valence-corrected chi connectivity index (χ1v) is 11.3. The number of carbonyl (C=O) groups excluding carboxylic acids is 1. The fourth-order valence-corrected chi connectivity index (χ4v) is 4.24. The van der Waals surface area contributed by atoms with Gasteiger partial charge in [0.25, 0.3) is 0 Å². The van der Waals surface area contributed by atoms with E-state index in [1.807, 2.05) is 24.3 Å². The Morgan fingerprint density at radius 2 is 1.75 bits per heavy atom. The molecule has 0 bridgehead atoms. The van der Waals surface area contributed by atoms with Crippen molar-refractivity contribution in [2.24, 2.45) is 0 Å². The molecule has 0 aliphatic heterocycles. The van der Waals surface area contributed by atoms with Crippen molar-refractivity contribution in [3.05, 3.63) is 29.8 Å². The Kier molecular flexibility index (Phi) is 5.88. The average molecular weight is 406 g/mol. The molecule has 1 amide bonds. The summed E-state index contributed by atoms with van der Waals surface area (Å²) in [5.74, 6) is -1.10. The lowest BCUT2D eigenvalue weighted by molar-refractivity contribution is -0.119. The molecule has 1 aromatic heterocycles. The number of carbonyl (C=O) groups is 1. The van der Waals surface area contributed by atoms with Crippen molar-refractivity contribution in [1.29, 1.82) is 0 Å². The zero-order chi connectivity index (χ0) is 20.4. The van der Waals surface area contributed by atoms with Gasteiger partial charge in [-0.25, -0.2) is 8.42 Å². The van der Waals surface area contributed by atoms with Gasteiger partial charge in [0.2, 0.25) is 21.6 Å². The number of nitrogens with one attached hydrogen (secondary N) is 1. The molecule has 1 fully saturated rings. The second-order valence-corrected chi connectivity index (χ2v) is 10.2. The van der Waals surface area contributed by atoms with Crippen LogP contribution in [-0.2, 0) is 20.0 Å². The van der Waals surface area contributed by atoms with Crippen molar-refractivity contribution >= 4 is 15.7 Å². The Hall–Kier alpha value is -2.22. The number of hydrogen-bond acceptors (Lipinski definition) is 6. The van der Waals surface area contributed by atoms with E-state index in [1.165, 1.54) is 0 Å². The molecule has 152 valence electrons. The van der Waals surface area contributed by atoms with Gasteiger partial charge in [0.15, 0.2) is 0 Å². The van der Waals surface area contributed by atoms with Gasteiger partial charge in [-0.15, -0.1) is 5.10 Å². The topological polar surface area (TPSA) is 102 Å². The van der Waals surface area contributed by atoms with E-state index in [4.69, 9.17) is 4.42 Å². The quantitative estimate of drug-likeness (QED) is 0.819. The molecule has 0 atom stereocenters. The van der Waals surface area contributed by atoms with E-state index < -0.39 is 26.7 Å². The summed E-state index contributed by atoms with van der Waals surface area (Å²) in [4.78, 5) is 12.1. The second kappa shape index (κ2) is 8.03. The second-order valence-electron chi connectivity index (χ2n) is 8.36. The van der Waals surface area contributed by atoms with Gasteiger partial charge >= 0.3 is 5.22 Å². The summed E-state index contributed by atoms with van der Waals surface area (Å²) < 4.78 is 30.3. The predicted octanol–water partition coefficient (Wildman–Crippen LogP) is 3.26. The van der Waals surface area contributed by atoms with E-state index in [-0.39, 0.29) is 17.3 Å². The third-order valence-corrected chi connectivity index (χ3v) is 6.30. The number of rotatable bonds is 5. The average Bonchev–Trinajstić information content (AvgIpc) is 3.12. The zero-order valence-electron chi connectivity index (χ0n) is 16.6. The minimum Gasteiger partial charge on any atom is -0.408 e. The van der Waals surface area contributed by atoms with Crippen LogP contribution in [0, 0.1) is 0 Å². The van der Waals surface area contributed by atoms with Crippen LogP contribution in [0.25, 0.3) is 11.5 Å². The van der Waals surface area contributed by atoms with Crippen molar-refractivity contribution in [3.63, 3.8) is 0 Å². The maximum atomic E-state index is 12.5. The first kappa shape index (κ1) is 20.5. The summed E-state index contributed by atoms with van der Waals surface area (Å²) >= 11 is 0. The standard InChI is InChI=1S/C20H27N3O4S/c1-20(2,3)15-11-9-14(10-12-15)18-22-23-19(27-18)28(25,26)13-17(24)21-16-7-5-4-6-8-16/h9-12,16H,4-8,13H2,1-3H3,(H,21,24). The number of hydrogen-bond donors (Lipinski definition) is 1. The minimum absolute atomic E-state index is 0.00751. The van der Waals surface area contributed by atoms with Crippen molar-refractivity contribution in [1.82, 2.24) is 15.5 Å². The van der Waals surface area contributed by atoms with Gasteiger partial charge in [0.1, 0.15) is 5.75 Å². The Morgan fingerprint density at radius 1 is 1.11 bits per heavy atom. The Bertz CT molecular complexity index is 921. The third kappa shape index (κ3) is 4.98. The number of sulfone groups is 1. The molecule has 1 aliphatic carbocycles. The molecule has 1 N–H and O–H groups in total. The van der Waals surface area contributed by atoms with E-state index in [1.54, 1.807) is 0 Å². The van der Waals surface area contributed by atoms with Gasteiger partial charge in [-0.3, -0.25) is 4.79 Å². The van der Waals surface area contributed by atoms with Gasteiger partial charge in [-0.05, 0) is 36.0 Å². The molecule has 2 aromatic rings. The molecule has 1 aromatic carbocycles. The van der Waals surface area contributed by atoms with Gasteiger partial charge in [-0.2, -0.15) is 0 Å². The van der Waals surface area contributed by atoms with Crippen LogP contribution in [0.3, 0.4) is 0 Å². The molecule has 28 heavy (non-hydrogen) atoms. The van der Waals surface area contributed by atoms with Crippen LogP contribution in [0.5, 0.6) is 0 Å². The van der Waals surface area contributed by atoms with E-state index in [2.05, 4.69) is 36.3 Å². The lowest BCUT2D eigenvalue weighted by Gasteiger charge is -2.22. The van der Waals surface area contributed by atoms with Gasteiger partial charge in [0.05, 0.1) is 0 Å². The number of nitrogens with zero attached hydrogens (tertiary/aromatic N) is 2. The van der Waals surface area contributed by atoms with Crippen LogP contribution in [0.15, 0.2) is 33.9 Å². The zero-order valence-corrected chi connectivity index (χ0v) is 17.4. The monoisotopic (exact) mass is 405 g/mol. The molecule has 3 rings (SSSR count). The highest BCUT2D eigenvalue weighted by Gasteiger charge is 2.28. The molecular formula is C20H27N3O4S. The predicted molar refractivity (Wildman–Crippen MR) is 106 cm³/mol. The number of amides is 1. The first-order valence-electron chi connectivity index (χ1n) is 9.62. The summed E-state index contributed by atoms with van der Waals surface area (Å²) in [5, 5.41) is 9.76. The van der Waals surface area contributed by atoms with E-state index in [9.17, 15) is 13.2 Å². The van der Waals surface area contributed by atoms with Crippen LogP contribution in [0.1, 0.15) is 58.4 Å². The van der Waals surface area contributed by atoms with Crippen molar-refractivity contribution < 1.29 is 17.6 Å². The molecule has 0 saturated heterocycles. The molecule has 0 spiro atoms. The maximum absolute atomic E-state index is 12.5. The highest BCUT2D eigenvalue weighted by Crippen LogP contribution is 2.26. The van der Waals surface area contributed by atoms with E-state index in [0.29, 0.717) is 5.56 Å². The molecular weight excluding hydrogens is 378 g/mol. The van der Waals surface area contributed by atoms with E-state index >= 15 is 0 Å². The molecule has 1 heterocycles.